The summed E-state index contributed by atoms with van der Waals surface area (Å²) in [5.41, 5.74) is 7.22. The van der Waals surface area contributed by atoms with Crippen LogP contribution in [-0.4, -0.2) is 82.0 Å². The van der Waals surface area contributed by atoms with Gasteiger partial charge in [0.2, 0.25) is 0 Å². The van der Waals surface area contributed by atoms with Gasteiger partial charge in [0, 0.05) is 51.8 Å². The second-order valence-electron chi connectivity index (χ2n) is 10.9. The van der Waals surface area contributed by atoms with Crippen molar-refractivity contribution in [3.63, 3.8) is 0 Å². The second kappa shape index (κ2) is 9.60. The molecule has 1 aromatic carbocycles. The first-order chi connectivity index (χ1) is 19.3. The number of piperazine rings is 1. The highest BCUT2D eigenvalue weighted by Gasteiger charge is 2.49. The fourth-order valence-corrected chi connectivity index (χ4v) is 7.30. The number of hydrogen-bond acceptors (Lipinski definition) is 10. The fraction of sp³-hybridized carbons (Fsp3) is 0.481. The molecule has 210 valence electrons. The summed E-state index contributed by atoms with van der Waals surface area (Å²) in [6.45, 7) is 4.45. The molecule has 0 amide bonds. The largest absolute Gasteiger partial charge is 0.461 e. The van der Waals surface area contributed by atoms with Crippen LogP contribution in [0.1, 0.15) is 19.3 Å². The molecule has 3 N–H and O–H groups in total. The summed E-state index contributed by atoms with van der Waals surface area (Å²) in [6, 6.07) is 4.92. The standard InChI is InChI=1S/C27H30F2N8O2S/c1-35-19(16-3-4-17(29)22-21(16)33-25(30)40-22)11-18-20(24(35)38)23(36-9-6-31-7-10-36)34-26(32-18)39-14-27-5-2-8-37(27)13-15(28)12-27/h3-4,11,15,31H,2,5-10,12-14H2,1H3,(H2,30,33)/t15-,27+/m1/s1. The van der Waals surface area contributed by atoms with Gasteiger partial charge in [-0.05, 0) is 37.6 Å². The average molecular weight is 569 g/mol. The smallest absolute Gasteiger partial charge is 0.319 e. The zero-order chi connectivity index (χ0) is 27.6. The summed E-state index contributed by atoms with van der Waals surface area (Å²) in [6.07, 6.45) is 1.45. The van der Waals surface area contributed by atoms with Crippen LogP contribution in [0.2, 0.25) is 0 Å². The third-order valence-electron chi connectivity index (χ3n) is 8.49. The van der Waals surface area contributed by atoms with Crippen molar-refractivity contribution < 1.29 is 13.5 Å². The number of rotatable bonds is 5. The third kappa shape index (κ3) is 4.10. The van der Waals surface area contributed by atoms with Crippen molar-refractivity contribution in [1.29, 1.82) is 0 Å². The lowest BCUT2D eigenvalue weighted by Gasteiger charge is -2.31. The van der Waals surface area contributed by atoms with Gasteiger partial charge < -0.3 is 25.3 Å². The maximum atomic E-state index is 14.5. The first-order valence-electron chi connectivity index (χ1n) is 13.6. The van der Waals surface area contributed by atoms with Gasteiger partial charge in [-0.2, -0.15) is 9.97 Å². The normalized spacial score (nSPS) is 23.4. The fourth-order valence-electron chi connectivity index (χ4n) is 6.53. The number of fused-ring (bicyclic) bond motifs is 3. The number of nitrogens with two attached hydrogens (primary N) is 1. The molecule has 0 radical (unpaired) electrons. The number of thiazole rings is 1. The van der Waals surface area contributed by atoms with Crippen molar-refractivity contribution in [2.45, 2.75) is 31.0 Å². The molecule has 40 heavy (non-hydrogen) atoms. The van der Waals surface area contributed by atoms with Crippen LogP contribution in [-0.2, 0) is 7.05 Å². The van der Waals surface area contributed by atoms with Crippen molar-refractivity contribution in [2.75, 3.05) is 56.5 Å². The molecule has 3 aromatic heterocycles. The molecule has 0 saturated carbocycles. The highest BCUT2D eigenvalue weighted by atomic mass is 32.1. The van der Waals surface area contributed by atoms with E-state index in [1.165, 1.54) is 10.6 Å². The van der Waals surface area contributed by atoms with Gasteiger partial charge in [0.05, 0.1) is 27.0 Å². The summed E-state index contributed by atoms with van der Waals surface area (Å²) < 4.78 is 37.0. The number of benzene rings is 1. The van der Waals surface area contributed by atoms with Crippen molar-refractivity contribution in [3.8, 4) is 17.3 Å². The molecule has 10 nitrogen and oxygen atoms in total. The Morgan fingerprint density at radius 1 is 1.23 bits per heavy atom. The van der Waals surface area contributed by atoms with Gasteiger partial charge in [-0.15, -0.1) is 0 Å². The Balaban J connectivity index is 1.36. The van der Waals surface area contributed by atoms with Gasteiger partial charge in [0.25, 0.3) is 5.56 Å². The molecule has 6 heterocycles. The molecular formula is C27H30F2N8O2S. The molecule has 7 rings (SSSR count). The van der Waals surface area contributed by atoms with Crippen molar-refractivity contribution >= 4 is 43.4 Å². The molecule has 3 aliphatic rings. The SMILES string of the molecule is Cn1c(-c2ccc(F)c3sc(N)nc23)cc2nc(OC[C@@]34CCCN3C[C@H](F)C4)nc(N3CCNCC3)c2c1=O. The Morgan fingerprint density at radius 3 is 2.88 bits per heavy atom. The van der Waals surface area contributed by atoms with Crippen LogP contribution in [0.5, 0.6) is 6.01 Å². The van der Waals surface area contributed by atoms with E-state index in [1.54, 1.807) is 19.2 Å². The zero-order valence-electron chi connectivity index (χ0n) is 22.1. The summed E-state index contributed by atoms with van der Waals surface area (Å²) in [5.74, 6) is 0.104. The minimum absolute atomic E-state index is 0.158. The number of aromatic nitrogens is 4. The van der Waals surface area contributed by atoms with E-state index >= 15 is 0 Å². The maximum Gasteiger partial charge on any atom is 0.319 e. The van der Waals surface area contributed by atoms with Gasteiger partial charge in [-0.25, -0.2) is 13.8 Å². The van der Waals surface area contributed by atoms with Crippen LogP contribution in [0.4, 0.5) is 19.7 Å². The topological polar surface area (TPSA) is 114 Å². The average Bonchev–Trinajstić information content (AvgIpc) is 3.61. The summed E-state index contributed by atoms with van der Waals surface area (Å²) in [5, 5.41) is 3.97. The van der Waals surface area contributed by atoms with E-state index in [0.29, 0.717) is 64.2 Å². The predicted octanol–water partition coefficient (Wildman–Crippen LogP) is 2.69. The molecule has 0 aliphatic carbocycles. The number of halogens is 2. The van der Waals surface area contributed by atoms with E-state index in [9.17, 15) is 13.6 Å². The molecule has 0 unspecified atom stereocenters. The Morgan fingerprint density at radius 2 is 2.05 bits per heavy atom. The number of hydrogen-bond donors (Lipinski definition) is 2. The molecule has 2 atom stereocenters. The van der Waals surface area contributed by atoms with E-state index in [1.807, 2.05) is 0 Å². The van der Waals surface area contributed by atoms with Gasteiger partial charge in [0.15, 0.2) is 5.13 Å². The number of anilines is 2. The minimum atomic E-state index is -0.865. The number of nitrogens with one attached hydrogen (secondary N) is 1. The first-order valence-corrected chi connectivity index (χ1v) is 14.4. The van der Waals surface area contributed by atoms with Crippen molar-refractivity contribution in [2.24, 2.45) is 7.05 Å². The van der Waals surface area contributed by atoms with E-state index in [4.69, 9.17) is 20.4 Å². The lowest BCUT2D eigenvalue weighted by Crippen LogP contribution is -2.45. The first kappa shape index (κ1) is 25.5. The van der Waals surface area contributed by atoms with E-state index in [0.717, 1.165) is 43.8 Å². The van der Waals surface area contributed by atoms with Crippen LogP contribution in [0, 0.1) is 5.82 Å². The minimum Gasteiger partial charge on any atom is -0.461 e. The van der Waals surface area contributed by atoms with E-state index in [2.05, 4.69) is 20.1 Å². The molecule has 13 heteroatoms. The van der Waals surface area contributed by atoms with Gasteiger partial charge in [0.1, 0.15) is 29.8 Å². The molecule has 4 aromatic rings. The summed E-state index contributed by atoms with van der Waals surface area (Å²) in [4.78, 5) is 31.9. The summed E-state index contributed by atoms with van der Waals surface area (Å²) >= 11 is 1.07. The second-order valence-corrected chi connectivity index (χ2v) is 11.9. The van der Waals surface area contributed by atoms with Crippen LogP contribution in [0.3, 0.4) is 0 Å². The Bertz CT molecular complexity index is 1690. The van der Waals surface area contributed by atoms with Crippen LogP contribution in [0.25, 0.3) is 32.4 Å². The highest BCUT2D eigenvalue weighted by Crippen LogP contribution is 2.41. The Kier molecular flexibility index (Phi) is 6.13. The molecule has 3 fully saturated rings. The summed E-state index contributed by atoms with van der Waals surface area (Å²) in [7, 11) is 1.68. The van der Waals surface area contributed by atoms with Crippen LogP contribution in [0.15, 0.2) is 23.0 Å². The molecule has 3 aliphatic heterocycles. The Hall–Kier alpha value is -3.42. The molecule has 0 bridgehead atoms. The monoisotopic (exact) mass is 568 g/mol. The van der Waals surface area contributed by atoms with E-state index in [-0.39, 0.29) is 28.8 Å². The number of pyridine rings is 1. The Labute approximate surface area is 232 Å². The van der Waals surface area contributed by atoms with Gasteiger partial charge in [-0.3, -0.25) is 9.69 Å². The third-order valence-corrected chi connectivity index (χ3v) is 9.38. The number of nitrogen functional groups attached to an aromatic ring is 1. The van der Waals surface area contributed by atoms with E-state index < -0.39 is 12.0 Å². The lowest BCUT2D eigenvalue weighted by molar-refractivity contribution is 0.107. The van der Waals surface area contributed by atoms with Crippen molar-refractivity contribution in [1.82, 2.24) is 29.7 Å². The van der Waals surface area contributed by atoms with Crippen LogP contribution < -0.4 is 26.2 Å². The van der Waals surface area contributed by atoms with Crippen molar-refractivity contribution in [3.05, 3.63) is 34.4 Å². The highest BCUT2D eigenvalue weighted by molar-refractivity contribution is 7.22. The molecule has 0 spiro atoms. The number of alkyl halides is 1. The van der Waals surface area contributed by atoms with Gasteiger partial charge >= 0.3 is 6.01 Å². The van der Waals surface area contributed by atoms with Crippen LogP contribution >= 0.6 is 11.3 Å². The predicted molar refractivity (Wildman–Crippen MR) is 151 cm³/mol. The lowest BCUT2D eigenvalue weighted by atomic mass is 9.95. The quantitative estimate of drug-likeness (QED) is 0.375. The van der Waals surface area contributed by atoms with Gasteiger partial charge in [-0.1, -0.05) is 11.3 Å². The molecule has 3 saturated heterocycles. The molecular weight excluding hydrogens is 538 g/mol. The zero-order valence-corrected chi connectivity index (χ0v) is 22.9. The number of nitrogens with zero attached hydrogens (tertiary/aromatic N) is 6. The number of ether oxygens (including phenoxy) is 1. The maximum absolute atomic E-state index is 14.5.